The summed E-state index contributed by atoms with van der Waals surface area (Å²) in [5.41, 5.74) is 2.76. The van der Waals surface area contributed by atoms with Crippen molar-refractivity contribution in [1.82, 2.24) is 10.2 Å². The van der Waals surface area contributed by atoms with Crippen LogP contribution in [0.3, 0.4) is 0 Å². The SMILES string of the molecule is CCCCN(Cc1ccc(Br)c(C)c1)CC1CCCN1. The average molecular weight is 339 g/mol. The second kappa shape index (κ2) is 8.16. The standard InChI is InChI=1S/C17H27BrN2/c1-3-4-10-20(13-16-6-5-9-19-16)12-15-7-8-17(18)14(2)11-15/h7-8,11,16,19H,3-6,9-10,12-13H2,1-2H3. The number of nitrogens with one attached hydrogen (secondary N) is 1. The maximum Gasteiger partial charge on any atom is 0.0234 e. The molecule has 0 aromatic heterocycles. The van der Waals surface area contributed by atoms with Crippen molar-refractivity contribution in [3.63, 3.8) is 0 Å². The molecule has 1 aliphatic heterocycles. The van der Waals surface area contributed by atoms with Crippen molar-refractivity contribution in [2.75, 3.05) is 19.6 Å². The summed E-state index contributed by atoms with van der Waals surface area (Å²) in [5, 5.41) is 3.62. The smallest absolute Gasteiger partial charge is 0.0234 e. The Bertz CT molecular complexity index is 413. The van der Waals surface area contributed by atoms with Crippen molar-refractivity contribution in [2.45, 2.75) is 52.1 Å². The van der Waals surface area contributed by atoms with Gasteiger partial charge in [0, 0.05) is 23.6 Å². The molecule has 1 N–H and O–H groups in total. The maximum absolute atomic E-state index is 3.62. The van der Waals surface area contributed by atoms with Crippen molar-refractivity contribution in [3.8, 4) is 0 Å². The predicted octanol–water partition coefficient (Wildman–Crippen LogP) is 4.11. The third kappa shape index (κ3) is 4.87. The number of hydrogen-bond acceptors (Lipinski definition) is 2. The lowest BCUT2D eigenvalue weighted by Gasteiger charge is -2.26. The molecule has 1 heterocycles. The molecule has 0 saturated carbocycles. The van der Waals surface area contributed by atoms with E-state index in [2.05, 4.69) is 58.2 Å². The van der Waals surface area contributed by atoms with E-state index in [-0.39, 0.29) is 0 Å². The Morgan fingerprint density at radius 1 is 1.40 bits per heavy atom. The Morgan fingerprint density at radius 3 is 2.90 bits per heavy atom. The lowest BCUT2D eigenvalue weighted by Crippen LogP contribution is -2.37. The summed E-state index contributed by atoms with van der Waals surface area (Å²) in [6, 6.07) is 7.43. The molecule has 1 atom stereocenters. The maximum atomic E-state index is 3.62. The van der Waals surface area contributed by atoms with Gasteiger partial charge in [-0.3, -0.25) is 4.90 Å². The highest BCUT2D eigenvalue weighted by atomic mass is 79.9. The van der Waals surface area contributed by atoms with E-state index in [1.54, 1.807) is 0 Å². The molecule has 0 aliphatic carbocycles. The van der Waals surface area contributed by atoms with Crippen molar-refractivity contribution in [1.29, 1.82) is 0 Å². The zero-order chi connectivity index (χ0) is 14.4. The second-order valence-corrected chi connectivity index (χ2v) is 6.82. The first-order valence-electron chi connectivity index (χ1n) is 7.90. The zero-order valence-electron chi connectivity index (χ0n) is 12.8. The van der Waals surface area contributed by atoms with Crippen LogP contribution < -0.4 is 5.32 Å². The van der Waals surface area contributed by atoms with E-state index in [1.165, 1.54) is 60.9 Å². The molecule has 1 aromatic carbocycles. The molecule has 2 rings (SSSR count). The molecule has 2 nitrogen and oxygen atoms in total. The van der Waals surface area contributed by atoms with Crippen molar-refractivity contribution < 1.29 is 0 Å². The van der Waals surface area contributed by atoms with Gasteiger partial charge in [0.15, 0.2) is 0 Å². The third-order valence-corrected chi connectivity index (χ3v) is 4.99. The van der Waals surface area contributed by atoms with E-state index in [4.69, 9.17) is 0 Å². The number of rotatable bonds is 7. The average Bonchev–Trinajstić information content (AvgIpc) is 2.93. The number of nitrogens with zero attached hydrogens (tertiary/aromatic N) is 1. The Balaban J connectivity index is 1.95. The quantitative estimate of drug-likeness (QED) is 0.804. The van der Waals surface area contributed by atoms with Crippen molar-refractivity contribution in [3.05, 3.63) is 33.8 Å². The Labute approximate surface area is 132 Å². The van der Waals surface area contributed by atoms with Crippen molar-refractivity contribution in [2.24, 2.45) is 0 Å². The van der Waals surface area contributed by atoms with Gasteiger partial charge in [-0.25, -0.2) is 0 Å². The molecular formula is C17H27BrN2. The van der Waals surface area contributed by atoms with Gasteiger partial charge in [0.1, 0.15) is 0 Å². The van der Waals surface area contributed by atoms with Crippen LogP contribution in [0, 0.1) is 6.92 Å². The van der Waals surface area contributed by atoms with Gasteiger partial charge in [0.25, 0.3) is 0 Å². The fourth-order valence-electron chi connectivity index (χ4n) is 2.90. The first-order chi connectivity index (χ1) is 9.69. The fourth-order valence-corrected chi connectivity index (χ4v) is 3.15. The summed E-state index contributed by atoms with van der Waals surface area (Å²) in [5.74, 6) is 0. The zero-order valence-corrected chi connectivity index (χ0v) is 14.4. The Morgan fingerprint density at radius 2 is 2.25 bits per heavy atom. The van der Waals surface area contributed by atoms with Gasteiger partial charge < -0.3 is 5.32 Å². The van der Waals surface area contributed by atoms with Gasteiger partial charge in [-0.05, 0) is 56.5 Å². The molecule has 0 bridgehead atoms. The first-order valence-corrected chi connectivity index (χ1v) is 8.69. The summed E-state index contributed by atoms with van der Waals surface area (Å²) < 4.78 is 1.21. The van der Waals surface area contributed by atoms with Gasteiger partial charge >= 0.3 is 0 Å². The molecule has 0 radical (unpaired) electrons. The van der Waals surface area contributed by atoms with Crippen molar-refractivity contribution >= 4 is 15.9 Å². The van der Waals surface area contributed by atoms with Crippen LogP contribution in [0.25, 0.3) is 0 Å². The first kappa shape index (κ1) is 16.0. The minimum atomic E-state index is 0.698. The molecule has 3 heteroatoms. The van der Waals surface area contributed by atoms with Gasteiger partial charge in [0.2, 0.25) is 0 Å². The molecule has 1 unspecified atom stereocenters. The molecule has 20 heavy (non-hydrogen) atoms. The lowest BCUT2D eigenvalue weighted by molar-refractivity contribution is 0.237. The molecule has 1 fully saturated rings. The number of benzene rings is 1. The fraction of sp³-hybridized carbons (Fsp3) is 0.647. The van der Waals surface area contributed by atoms with Crippen LogP contribution in [0.2, 0.25) is 0 Å². The van der Waals surface area contributed by atoms with E-state index in [0.717, 1.165) is 6.54 Å². The highest BCUT2D eigenvalue weighted by Crippen LogP contribution is 2.19. The van der Waals surface area contributed by atoms with Gasteiger partial charge in [-0.2, -0.15) is 0 Å². The van der Waals surface area contributed by atoms with Crippen LogP contribution in [0.15, 0.2) is 22.7 Å². The van der Waals surface area contributed by atoms with E-state index in [9.17, 15) is 0 Å². The number of unbranched alkanes of at least 4 members (excludes halogenated alkanes) is 1. The molecule has 1 aromatic rings. The van der Waals surface area contributed by atoms with Crippen LogP contribution in [0.5, 0.6) is 0 Å². The molecule has 0 spiro atoms. The second-order valence-electron chi connectivity index (χ2n) is 5.97. The lowest BCUT2D eigenvalue weighted by atomic mass is 10.1. The monoisotopic (exact) mass is 338 g/mol. The minimum absolute atomic E-state index is 0.698. The molecular weight excluding hydrogens is 312 g/mol. The topological polar surface area (TPSA) is 15.3 Å². The van der Waals surface area contributed by atoms with Crippen LogP contribution in [0.4, 0.5) is 0 Å². The molecule has 112 valence electrons. The summed E-state index contributed by atoms with van der Waals surface area (Å²) in [6.07, 6.45) is 5.24. The third-order valence-electron chi connectivity index (χ3n) is 4.10. The van der Waals surface area contributed by atoms with Crippen LogP contribution in [-0.2, 0) is 6.54 Å². The number of hydrogen-bond donors (Lipinski definition) is 1. The van der Waals surface area contributed by atoms with Crippen LogP contribution >= 0.6 is 15.9 Å². The number of aryl methyl sites for hydroxylation is 1. The molecule has 1 aliphatic rings. The van der Waals surface area contributed by atoms with E-state index in [1.807, 2.05) is 0 Å². The van der Waals surface area contributed by atoms with E-state index in [0.29, 0.717) is 6.04 Å². The molecule has 1 saturated heterocycles. The summed E-state index contributed by atoms with van der Waals surface area (Å²) >= 11 is 3.58. The van der Waals surface area contributed by atoms with Gasteiger partial charge in [-0.1, -0.05) is 41.4 Å². The molecule has 0 amide bonds. The predicted molar refractivity (Wildman–Crippen MR) is 90.1 cm³/mol. The van der Waals surface area contributed by atoms with Gasteiger partial charge in [-0.15, -0.1) is 0 Å². The van der Waals surface area contributed by atoms with E-state index < -0.39 is 0 Å². The van der Waals surface area contributed by atoms with E-state index >= 15 is 0 Å². The van der Waals surface area contributed by atoms with Crippen LogP contribution in [-0.4, -0.2) is 30.6 Å². The Hall–Kier alpha value is -0.380. The highest BCUT2D eigenvalue weighted by molar-refractivity contribution is 9.10. The summed E-state index contributed by atoms with van der Waals surface area (Å²) in [7, 11) is 0. The largest absolute Gasteiger partial charge is 0.313 e. The minimum Gasteiger partial charge on any atom is -0.313 e. The van der Waals surface area contributed by atoms with Gasteiger partial charge in [0.05, 0.1) is 0 Å². The summed E-state index contributed by atoms with van der Waals surface area (Å²) in [4.78, 5) is 2.62. The summed E-state index contributed by atoms with van der Waals surface area (Å²) in [6.45, 7) is 9.12. The Kier molecular flexibility index (Phi) is 6.53. The highest BCUT2D eigenvalue weighted by Gasteiger charge is 2.17. The number of halogens is 1. The normalized spacial score (nSPS) is 18.9. The van der Waals surface area contributed by atoms with Crippen LogP contribution in [0.1, 0.15) is 43.7 Å².